The zero-order chi connectivity index (χ0) is 10.4. The van der Waals surface area contributed by atoms with Gasteiger partial charge in [-0.3, -0.25) is 0 Å². The topological polar surface area (TPSA) is 53.1 Å². The Bertz CT molecular complexity index is 260. The number of nitrogens with two attached hydrogens (primary N) is 1. The third kappa shape index (κ3) is 2.82. The number of aromatic nitrogens is 2. The van der Waals surface area contributed by atoms with Crippen LogP contribution in [0.4, 0.5) is 0 Å². The molecule has 0 saturated carbocycles. The molecule has 1 heterocycles. The third-order valence-electron chi connectivity index (χ3n) is 2.18. The smallest absolute Gasteiger partial charge is 0.125 e. The molecule has 0 spiro atoms. The van der Waals surface area contributed by atoms with Gasteiger partial charge in [-0.05, 0) is 12.8 Å². The molecule has 0 aliphatic rings. The molecule has 1 atom stereocenters. The van der Waals surface area contributed by atoms with Gasteiger partial charge in [-0.25, -0.2) is 4.98 Å². The maximum Gasteiger partial charge on any atom is 0.125 e. The second-order valence-electron chi connectivity index (χ2n) is 3.37. The van der Waals surface area contributed by atoms with E-state index in [0.29, 0.717) is 6.61 Å². The monoisotopic (exact) mass is 197 g/mol. The van der Waals surface area contributed by atoms with Crippen LogP contribution in [-0.4, -0.2) is 23.3 Å². The summed E-state index contributed by atoms with van der Waals surface area (Å²) in [5.74, 6) is 0.962. The standard InChI is InChI=1S/C10H19N3O/c1-3-6-13-7-5-12-10(13)9(11)4-8-14-2/h5,7,9H,3-4,6,8,11H2,1-2H3. The van der Waals surface area contributed by atoms with E-state index in [9.17, 15) is 0 Å². The van der Waals surface area contributed by atoms with Gasteiger partial charge >= 0.3 is 0 Å². The number of rotatable bonds is 6. The van der Waals surface area contributed by atoms with Gasteiger partial charge in [0.15, 0.2) is 0 Å². The van der Waals surface area contributed by atoms with E-state index >= 15 is 0 Å². The van der Waals surface area contributed by atoms with Crippen molar-refractivity contribution in [1.29, 1.82) is 0 Å². The van der Waals surface area contributed by atoms with E-state index in [4.69, 9.17) is 10.5 Å². The fourth-order valence-corrected chi connectivity index (χ4v) is 1.45. The molecule has 80 valence electrons. The zero-order valence-electron chi connectivity index (χ0n) is 8.94. The van der Waals surface area contributed by atoms with Crippen LogP contribution in [0, 0.1) is 0 Å². The fourth-order valence-electron chi connectivity index (χ4n) is 1.45. The van der Waals surface area contributed by atoms with Gasteiger partial charge in [0.2, 0.25) is 0 Å². The van der Waals surface area contributed by atoms with E-state index in [1.807, 2.05) is 6.20 Å². The molecule has 4 heteroatoms. The second-order valence-corrected chi connectivity index (χ2v) is 3.37. The van der Waals surface area contributed by atoms with Crippen molar-refractivity contribution in [2.24, 2.45) is 5.73 Å². The Morgan fingerprint density at radius 3 is 3.07 bits per heavy atom. The van der Waals surface area contributed by atoms with E-state index < -0.39 is 0 Å². The molecule has 0 amide bonds. The van der Waals surface area contributed by atoms with E-state index in [0.717, 1.165) is 25.2 Å². The summed E-state index contributed by atoms with van der Waals surface area (Å²) in [5.41, 5.74) is 5.99. The normalized spacial score (nSPS) is 13.1. The van der Waals surface area contributed by atoms with Crippen molar-refractivity contribution >= 4 is 0 Å². The van der Waals surface area contributed by atoms with Crippen LogP contribution >= 0.6 is 0 Å². The highest BCUT2D eigenvalue weighted by Gasteiger charge is 2.11. The van der Waals surface area contributed by atoms with Crippen molar-refractivity contribution < 1.29 is 4.74 Å². The first-order valence-corrected chi connectivity index (χ1v) is 5.05. The van der Waals surface area contributed by atoms with Crippen molar-refractivity contribution in [3.8, 4) is 0 Å². The molecule has 1 rings (SSSR count). The largest absolute Gasteiger partial charge is 0.385 e. The molecular formula is C10H19N3O. The molecular weight excluding hydrogens is 178 g/mol. The summed E-state index contributed by atoms with van der Waals surface area (Å²) in [4.78, 5) is 4.27. The molecule has 0 saturated heterocycles. The van der Waals surface area contributed by atoms with Crippen LogP contribution in [0.3, 0.4) is 0 Å². The molecule has 1 aromatic heterocycles. The first-order chi connectivity index (χ1) is 6.79. The average Bonchev–Trinajstić information content (AvgIpc) is 2.63. The third-order valence-corrected chi connectivity index (χ3v) is 2.18. The highest BCUT2D eigenvalue weighted by Crippen LogP contribution is 2.12. The van der Waals surface area contributed by atoms with Crippen LogP contribution < -0.4 is 5.73 Å². The molecule has 0 bridgehead atoms. The molecule has 0 radical (unpaired) electrons. The molecule has 0 aromatic carbocycles. The van der Waals surface area contributed by atoms with Gasteiger partial charge in [-0.2, -0.15) is 0 Å². The zero-order valence-corrected chi connectivity index (χ0v) is 8.94. The Morgan fingerprint density at radius 1 is 1.64 bits per heavy atom. The molecule has 1 aromatic rings. The summed E-state index contributed by atoms with van der Waals surface area (Å²) in [7, 11) is 1.69. The van der Waals surface area contributed by atoms with Crippen molar-refractivity contribution in [2.75, 3.05) is 13.7 Å². The molecule has 0 aliphatic carbocycles. The predicted octanol–water partition coefficient (Wildman–Crippen LogP) is 1.33. The Morgan fingerprint density at radius 2 is 2.43 bits per heavy atom. The summed E-state index contributed by atoms with van der Waals surface area (Å²) in [6.07, 6.45) is 5.70. The lowest BCUT2D eigenvalue weighted by Crippen LogP contribution is -2.18. The van der Waals surface area contributed by atoms with Gasteiger partial charge in [0.25, 0.3) is 0 Å². The Labute approximate surface area is 85.1 Å². The van der Waals surface area contributed by atoms with Crippen molar-refractivity contribution in [3.05, 3.63) is 18.2 Å². The Kier molecular flexibility index (Phi) is 4.62. The Balaban J connectivity index is 2.58. The molecule has 0 fully saturated rings. The first-order valence-electron chi connectivity index (χ1n) is 5.05. The van der Waals surface area contributed by atoms with E-state index in [1.54, 1.807) is 13.3 Å². The quantitative estimate of drug-likeness (QED) is 0.748. The summed E-state index contributed by atoms with van der Waals surface area (Å²) < 4.78 is 7.10. The van der Waals surface area contributed by atoms with Crippen LogP contribution in [0.1, 0.15) is 31.6 Å². The lowest BCUT2D eigenvalue weighted by Gasteiger charge is -2.12. The number of nitrogens with zero attached hydrogens (tertiary/aromatic N) is 2. The molecule has 0 aliphatic heterocycles. The van der Waals surface area contributed by atoms with Gasteiger partial charge in [-0.1, -0.05) is 6.92 Å². The van der Waals surface area contributed by atoms with Gasteiger partial charge in [0, 0.05) is 32.7 Å². The summed E-state index contributed by atoms with van der Waals surface area (Å²) in [6, 6.07) is -0.0171. The van der Waals surface area contributed by atoms with Crippen LogP contribution in [0.25, 0.3) is 0 Å². The van der Waals surface area contributed by atoms with E-state index in [-0.39, 0.29) is 6.04 Å². The minimum absolute atomic E-state index is 0.0171. The minimum atomic E-state index is -0.0171. The van der Waals surface area contributed by atoms with Gasteiger partial charge < -0.3 is 15.0 Å². The summed E-state index contributed by atoms with van der Waals surface area (Å²) in [6.45, 7) is 3.81. The van der Waals surface area contributed by atoms with E-state index in [2.05, 4.69) is 16.5 Å². The van der Waals surface area contributed by atoms with Crippen LogP contribution in [-0.2, 0) is 11.3 Å². The molecule has 4 nitrogen and oxygen atoms in total. The van der Waals surface area contributed by atoms with Crippen molar-refractivity contribution in [3.63, 3.8) is 0 Å². The summed E-state index contributed by atoms with van der Waals surface area (Å²) in [5, 5.41) is 0. The Hall–Kier alpha value is -0.870. The number of ether oxygens (including phenoxy) is 1. The molecule has 14 heavy (non-hydrogen) atoms. The minimum Gasteiger partial charge on any atom is -0.385 e. The predicted molar refractivity (Wildman–Crippen MR) is 55.9 cm³/mol. The van der Waals surface area contributed by atoms with Crippen LogP contribution in [0.5, 0.6) is 0 Å². The molecule has 2 N–H and O–H groups in total. The number of hydrogen-bond donors (Lipinski definition) is 1. The highest BCUT2D eigenvalue weighted by molar-refractivity contribution is 4.98. The van der Waals surface area contributed by atoms with Crippen LogP contribution in [0.2, 0.25) is 0 Å². The van der Waals surface area contributed by atoms with Gasteiger partial charge in [0.05, 0.1) is 6.04 Å². The SMILES string of the molecule is CCCn1ccnc1C(N)CCOC. The fraction of sp³-hybridized carbons (Fsp3) is 0.700. The maximum absolute atomic E-state index is 5.99. The van der Waals surface area contributed by atoms with E-state index in [1.165, 1.54) is 0 Å². The molecule has 1 unspecified atom stereocenters. The second kappa shape index (κ2) is 5.78. The number of hydrogen-bond acceptors (Lipinski definition) is 3. The average molecular weight is 197 g/mol. The van der Waals surface area contributed by atoms with Crippen molar-refractivity contribution in [1.82, 2.24) is 9.55 Å². The van der Waals surface area contributed by atoms with Crippen LogP contribution in [0.15, 0.2) is 12.4 Å². The lowest BCUT2D eigenvalue weighted by molar-refractivity contribution is 0.186. The number of imidazole rings is 1. The highest BCUT2D eigenvalue weighted by atomic mass is 16.5. The number of aryl methyl sites for hydroxylation is 1. The maximum atomic E-state index is 5.99. The summed E-state index contributed by atoms with van der Waals surface area (Å²) >= 11 is 0. The van der Waals surface area contributed by atoms with Gasteiger partial charge in [-0.15, -0.1) is 0 Å². The van der Waals surface area contributed by atoms with Crippen molar-refractivity contribution in [2.45, 2.75) is 32.4 Å². The lowest BCUT2D eigenvalue weighted by atomic mass is 10.2. The number of methoxy groups -OCH3 is 1. The first kappa shape index (κ1) is 11.2. The van der Waals surface area contributed by atoms with Gasteiger partial charge in [0.1, 0.15) is 5.82 Å².